The van der Waals surface area contributed by atoms with Gasteiger partial charge in [0.1, 0.15) is 5.01 Å². The summed E-state index contributed by atoms with van der Waals surface area (Å²) in [7, 11) is 0. The lowest BCUT2D eigenvalue weighted by molar-refractivity contribution is 0.995. The first kappa shape index (κ1) is 11.1. The maximum atomic E-state index is 4.18. The molecule has 1 heterocycles. The Morgan fingerprint density at radius 3 is 2.65 bits per heavy atom. The molecule has 0 aliphatic rings. The number of hydrogen-bond donors (Lipinski definition) is 0. The molecule has 4 heteroatoms. The van der Waals surface area contributed by atoms with Crippen LogP contribution in [0, 0.1) is 3.01 Å². The Hall–Kier alpha value is -1.01. The van der Waals surface area contributed by atoms with Gasteiger partial charge in [0.25, 0.3) is 0 Å². The van der Waals surface area contributed by atoms with Gasteiger partial charge in [0.2, 0.25) is 0 Å². The summed E-state index contributed by atoms with van der Waals surface area (Å²) in [5.74, 6) is 0. The van der Waals surface area contributed by atoms with Crippen molar-refractivity contribution in [3.63, 3.8) is 0 Å². The zero-order valence-electron chi connectivity index (χ0n) is 8.93. The SMILES string of the molecule is Ic1nnc(Cc2cccc3ccccc23)s1. The van der Waals surface area contributed by atoms with Crippen molar-refractivity contribution in [1.29, 1.82) is 0 Å². The van der Waals surface area contributed by atoms with E-state index in [0.717, 1.165) is 14.4 Å². The highest BCUT2D eigenvalue weighted by Gasteiger charge is 2.05. The third kappa shape index (κ3) is 2.32. The Morgan fingerprint density at radius 2 is 1.82 bits per heavy atom. The number of hydrogen-bond acceptors (Lipinski definition) is 3. The zero-order valence-corrected chi connectivity index (χ0v) is 11.9. The van der Waals surface area contributed by atoms with Crippen molar-refractivity contribution < 1.29 is 0 Å². The second kappa shape index (κ2) is 4.70. The van der Waals surface area contributed by atoms with Crippen LogP contribution in [-0.2, 0) is 6.42 Å². The van der Waals surface area contributed by atoms with Gasteiger partial charge in [0.05, 0.1) is 0 Å². The van der Waals surface area contributed by atoms with Gasteiger partial charge in [-0.05, 0) is 38.9 Å². The molecule has 0 spiro atoms. The minimum atomic E-state index is 0.863. The van der Waals surface area contributed by atoms with Crippen LogP contribution in [0.1, 0.15) is 10.6 Å². The molecule has 3 rings (SSSR count). The minimum Gasteiger partial charge on any atom is -0.142 e. The molecule has 0 N–H and O–H groups in total. The van der Waals surface area contributed by atoms with E-state index in [4.69, 9.17) is 0 Å². The highest BCUT2D eigenvalue weighted by atomic mass is 127. The monoisotopic (exact) mass is 352 g/mol. The van der Waals surface area contributed by atoms with Gasteiger partial charge in [0.15, 0.2) is 3.01 Å². The molecule has 0 fully saturated rings. The van der Waals surface area contributed by atoms with Gasteiger partial charge >= 0.3 is 0 Å². The van der Waals surface area contributed by atoms with E-state index < -0.39 is 0 Å². The van der Waals surface area contributed by atoms with E-state index in [2.05, 4.69) is 75.3 Å². The fraction of sp³-hybridized carbons (Fsp3) is 0.0769. The molecular formula is C13H9IN2S. The van der Waals surface area contributed by atoms with Crippen molar-refractivity contribution in [2.75, 3.05) is 0 Å². The first-order valence-electron chi connectivity index (χ1n) is 5.27. The second-order valence-electron chi connectivity index (χ2n) is 3.76. The maximum Gasteiger partial charge on any atom is 0.178 e. The van der Waals surface area contributed by atoms with Gasteiger partial charge in [-0.1, -0.05) is 53.8 Å². The predicted molar refractivity (Wildman–Crippen MR) is 79.4 cm³/mol. The molecule has 0 atom stereocenters. The molecule has 84 valence electrons. The number of rotatable bonds is 2. The van der Waals surface area contributed by atoms with Crippen LogP contribution >= 0.6 is 33.9 Å². The normalized spacial score (nSPS) is 10.9. The Balaban J connectivity index is 2.05. The van der Waals surface area contributed by atoms with Crippen LogP contribution in [0.25, 0.3) is 10.8 Å². The van der Waals surface area contributed by atoms with Crippen molar-refractivity contribution >= 4 is 44.7 Å². The molecule has 3 aromatic rings. The van der Waals surface area contributed by atoms with E-state index in [9.17, 15) is 0 Å². The van der Waals surface area contributed by atoms with E-state index in [-0.39, 0.29) is 0 Å². The first-order valence-corrected chi connectivity index (χ1v) is 7.17. The number of aromatic nitrogens is 2. The second-order valence-corrected chi connectivity index (χ2v) is 6.58. The number of fused-ring (bicyclic) bond motifs is 1. The van der Waals surface area contributed by atoms with Gasteiger partial charge in [-0.15, -0.1) is 10.2 Å². The lowest BCUT2D eigenvalue weighted by Crippen LogP contribution is -1.89. The van der Waals surface area contributed by atoms with Crippen LogP contribution in [0.15, 0.2) is 42.5 Å². The molecule has 0 bridgehead atoms. The average Bonchev–Trinajstić information content (AvgIpc) is 2.75. The molecule has 0 saturated carbocycles. The van der Waals surface area contributed by atoms with Crippen molar-refractivity contribution in [2.45, 2.75) is 6.42 Å². The molecule has 2 aromatic carbocycles. The summed E-state index contributed by atoms with van der Waals surface area (Å²) < 4.78 is 0.998. The molecular weight excluding hydrogens is 343 g/mol. The lowest BCUT2D eigenvalue weighted by Gasteiger charge is -2.03. The lowest BCUT2D eigenvalue weighted by atomic mass is 10.0. The Bertz CT molecular complexity index is 658. The van der Waals surface area contributed by atoms with Gasteiger partial charge in [-0.25, -0.2) is 0 Å². The summed E-state index contributed by atoms with van der Waals surface area (Å²) in [6.07, 6.45) is 0.863. The van der Waals surface area contributed by atoms with Crippen LogP contribution in [0.5, 0.6) is 0 Å². The van der Waals surface area contributed by atoms with Crippen LogP contribution in [0.2, 0.25) is 0 Å². The molecule has 0 amide bonds. The number of halogens is 1. The Labute approximate surface area is 117 Å². The van der Waals surface area contributed by atoms with Gasteiger partial charge < -0.3 is 0 Å². The maximum absolute atomic E-state index is 4.18. The van der Waals surface area contributed by atoms with Crippen LogP contribution in [0.4, 0.5) is 0 Å². The van der Waals surface area contributed by atoms with Crippen molar-refractivity contribution in [3.05, 3.63) is 56.0 Å². The predicted octanol–water partition coefficient (Wildman–Crippen LogP) is 3.89. The summed E-state index contributed by atoms with van der Waals surface area (Å²) in [5.41, 5.74) is 1.32. The summed E-state index contributed by atoms with van der Waals surface area (Å²) in [4.78, 5) is 0. The zero-order chi connectivity index (χ0) is 11.7. The van der Waals surface area contributed by atoms with Crippen LogP contribution < -0.4 is 0 Å². The summed E-state index contributed by atoms with van der Waals surface area (Å²) in [6, 6.07) is 14.9. The Kier molecular flexibility index (Phi) is 3.07. The topological polar surface area (TPSA) is 25.8 Å². The molecule has 0 radical (unpaired) electrons. The van der Waals surface area contributed by atoms with Gasteiger partial charge in [-0.2, -0.15) is 0 Å². The quantitative estimate of drug-likeness (QED) is 0.654. The largest absolute Gasteiger partial charge is 0.178 e. The number of benzene rings is 2. The smallest absolute Gasteiger partial charge is 0.142 e. The molecule has 0 aliphatic heterocycles. The molecule has 0 unspecified atom stereocenters. The first-order chi connectivity index (χ1) is 8.33. The van der Waals surface area contributed by atoms with Crippen LogP contribution in [0.3, 0.4) is 0 Å². The summed E-state index contributed by atoms with van der Waals surface area (Å²) in [6.45, 7) is 0. The van der Waals surface area contributed by atoms with Crippen molar-refractivity contribution in [1.82, 2.24) is 10.2 Å². The minimum absolute atomic E-state index is 0.863. The van der Waals surface area contributed by atoms with E-state index in [0.29, 0.717) is 0 Å². The fourth-order valence-corrected chi connectivity index (χ4v) is 3.37. The van der Waals surface area contributed by atoms with E-state index in [1.807, 2.05) is 0 Å². The van der Waals surface area contributed by atoms with E-state index >= 15 is 0 Å². The fourth-order valence-electron chi connectivity index (χ4n) is 1.91. The van der Waals surface area contributed by atoms with Crippen molar-refractivity contribution in [2.24, 2.45) is 0 Å². The standard InChI is InChI=1S/C13H9IN2S/c14-13-16-15-12(17-13)8-10-6-3-5-9-4-1-2-7-11(9)10/h1-7H,8H2. The van der Waals surface area contributed by atoms with Gasteiger partial charge in [0, 0.05) is 6.42 Å². The third-order valence-electron chi connectivity index (χ3n) is 2.66. The highest BCUT2D eigenvalue weighted by Crippen LogP contribution is 2.22. The Morgan fingerprint density at radius 1 is 1.00 bits per heavy atom. The molecule has 0 saturated heterocycles. The van der Waals surface area contributed by atoms with Gasteiger partial charge in [-0.3, -0.25) is 0 Å². The van der Waals surface area contributed by atoms with Crippen molar-refractivity contribution in [3.8, 4) is 0 Å². The molecule has 1 aromatic heterocycles. The summed E-state index contributed by atoms with van der Waals surface area (Å²) in [5, 5.41) is 11.9. The average molecular weight is 352 g/mol. The molecule has 0 aliphatic carbocycles. The number of nitrogens with zero attached hydrogens (tertiary/aromatic N) is 2. The van der Waals surface area contributed by atoms with E-state index in [1.165, 1.54) is 16.3 Å². The molecule has 2 nitrogen and oxygen atoms in total. The van der Waals surface area contributed by atoms with Crippen LogP contribution in [-0.4, -0.2) is 10.2 Å². The third-order valence-corrected chi connectivity index (χ3v) is 4.25. The molecule has 17 heavy (non-hydrogen) atoms. The highest BCUT2D eigenvalue weighted by molar-refractivity contribution is 14.1. The summed E-state index contributed by atoms with van der Waals surface area (Å²) >= 11 is 3.86. The van der Waals surface area contributed by atoms with E-state index in [1.54, 1.807) is 11.3 Å².